The molecular weight excluding hydrogens is 486 g/mol. The van der Waals surface area contributed by atoms with Crippen LogP contribution in [0.15, 0.2) is 67.7 Å². The van der Waals surface area contributed by atoms with E-state index in [4.69, 9.17) is 16.0 Å². The molecule has 5 nitrogen and oxygen atoms in total. The summed E-state index contributed by atoms with van der Waals surface area (Å²) in [5.74, 6) is 0. The zero-order valence-electron chi connectivity index (χ0n) is 15.6. The minimum Gasteiger partial charge on any atom is -0.422 e. The van der Waals surface area contributed by atoms with Crippen LogP contribution in [-0.2, 0) is 0 Å². The number of fused-ring (bicyclic) bond motifs is 1. The number of aromatic nitrogens is 1. The van der Waals surface area contributed by atoms with Gasteiger partial charge in [-0.3, -0.25) is 0 Å². The molecule has 0 radical (unpaired) electrons. The fourth-order valence-corrected chi connectivity index (χ4v) is 4.19. The van der Waals surface area contributed by atoms with Gasteiger partial charge in [-0.2, -0.15) is 5.26 Å². The Hall–Kier alpha value is -2.92. The average Bonchev–Trinajstić information content (AvgIpc) is 3.21. The molecule has 0 fully saturated rings. The highest BCUT2D eigenvalue weighted by molar-refractivity contribution is 9.10. The molecule has 0 spiro atoms. The van der Waals surface area contributed by atoms with Gasteiger partial charge in [0.05, 0.1) is 11.3 Å². The number of nitrogens with zero attached hydrogens (tertiary/aromatic N) is 2. The van der Waals surface area contributed by atoms with E-state index in [0.717, 1.165) is 21.1 Å². The largest absolute Gasteiger partial charge is 0.422 e. The van der Waals surface area contributed by atoms with Gasteiger partial charge in [0.25, 0.3) is 0 Å². The quantitative estimate of drug-likeness (QED) is 0.253. The van der Waals surface area contributed by atoms with Gasteiger partial charge in [0.1, 0.15) is 22.2 Å². The summed E-state index contributed by atoms with van der Waals surface area (Å²) in [6.07, 6.45) is 1.58. The second-order valence-corrected chi connectivity index (χ2v) is 8.58. The first-order chi connectivity index (χ1) is 14.5. The van der Waals surface area contributed by atoms with E-state index >= 15 is 0 Å². The molecule has 4 aromatic rings. The number of nitrogens with one attached hydrogen (secondary N) is 1. The van der Waals surface area contributed by atoms with Gasteiger partial charge in [-0.05, 0) is 48.9 Å². The first-order valence-electron chi connectivity index (χ1n) is 8.78. The third-order valence-electron chi connectivity index (χ3n) is 4.46. The lowest BCUT2D eigenvalue weighted by Crippen LogP contribution is -2.03. The van der Waals surface area contributed by atoms with Crippen LogP contribution in [0.3, 0.4) is 0 Å². The standard InChI is InChI=1S/C22H13BrClN3O2S/c1-12-17(24)3-2-4-18(12)26-10-14(9-25)21-27-19(11-30-21)16-8-13-7-15(23)5-6-20(13)29-22(16)28/h2-8,10-11,26H,1H3. The first kappa shape index (κ1) is 20.4. The van der Waals surface area contributed by atoms with E-state index in [1.165, 1.54) is 11.3 Å². The first-order valence-corrected chi connectivity index (χ1v) is 10.8. The molecule has 0 aliphatic heterocycles. The summed E-state index contributed by atoms with van der Waals surface area (Å²) in [6, 6.07) is 14.8. The van der Waals surface area contributed by atoms with E-state index in [2.05, 4.69) is 32.3 Å². The van der Waals surface area contributed by atoms with Gasteiger partial charge in [-0.25, -0.2) is 9.78 Å². The van der Waals surface area contributed by atoms with Crippen LogP contribution in [0, 0.1) is 18.3 Å². The maximum atomic E-state index is 12.4. The number of benzene rings is 2. The van der Waals surface area contributed by atoms with Crippen molar-refractivity contribution in [1.29, 1.82) is 5.26 Å². The summed E-state index contributed by atoms with van der Waals surface area (Å²) >= 11 is 10.8. The Labute approximate surface area is 189 Å². The summed E-state index contributed by atoms with van der Waals surface area (Å²) in [4.78, 5) is 16.9. The van der Waals surface area contributed by atoms with Crippen molar-refractivity contribution in [3.63, 3.8) is 0 Å². The van der Waals surface area contributed by atoms with Crippen LogP contribution in [-0.4, -0.2) is 4.98 Å². The van der Waals surface area contributed by atoms with Gasteiger partial charge in [0, 0.05) is 32.1 Å². The lowest BCUT2D eigenvalue weighted by molar-refractivity contribution is 0.563. The van der Waals surface area contributed by atoms with Crippen molar-refractivity contribution in [2.24, 2.45) is 0 Å². The number of nitriles is 1. The van der Waals surface area contributed by atoms with Crippen LogP contribution in [0.1, 0.15) is 10.6 Å². The zero-order valence-corrected chi connectivity index (χ0v) is 18.7. The molecule has 0 aliphatic carbocycles. The van der Waals surface area contributed by atoms with Gasteiger partial charge < -0.3 is 9.73 Å². The van der Waals surface area contributed by atoms with Gasteiger partial charge in [0.2, 0.25) is 0 Å². The highest BCUT2D eigenvalue weighted by atomic mass is 79.9. The zero-order chi connectivity index (χ0) is 21.3. The maximum Gasteiger partial charge on any atom is 0.345 e. The average molecular weight is 499 g/mol. The number of anilines is 1. The summed E-state index contributed by atoms with van der Waals surface area (Å²) < 4.78 is 6.29. The lowest BCUT2D eigenvalue weighted by Gasteiger charge is -2.07. The SMILES string of the molecule is Cc1c(Cl)cccc1NC=C(C#N)c1nc(-c2cc3cc(Br)ccc3oc2=O)cs1. The van der Waals surface area contributed by atoms with Crippen LogP contribution in [0.2, 0.25) is 5.02 Å². The van der Waals surface area contributed by atoms with Crippen LogP contribution in [0.5, 0.6) is 0 Å². The molecule has 0 bridgehead atoms. The third kappa shape index (κ3) is 4.03. The normalized spacial score (nSPS) is 11.5. The Kier molecular flexibility index (Phi) is 5.73. The fraction of sp³-hybridized carbons (Fsp3) is 0.0455. The molecule has 0 aliphatic rings. The molecule has 0 saturated heterocycles. The molecule has 2 heterocycles. The molecule has 148 valence electrons. The maximum absolute atomic E-state index is 12.4. The topological polar surface area (TPSA) is 78.9 Å². The molecule has 0 unspecified atom stereocenters. The van der Waals surface area contributed by atoms with Crippen molar-refractivity contribution in [3.05, 3.63) is 84.5 Å². The minimum absolute atomic E-state index is 0.346. The molecule has 0 amide bonds. The van der Waals surface area contributed by atoms with Crippen LogP contribution in [0.4, 0.5) is 5.69 Å². The Balaban J connectivity index is 1.68. The predicted molar refractivity (Wildman–Crippen MR) is 125 cm³/mol. The monoisotopic (exact) mass is 497 g/mol. The van der Waals surface area contributed by atoms with Crippen molar-refractivity contribution < 1.29 is 4.42 Å². The number of rotatable bonds is 4. The van der Waals surface area contributed by atoms with Gasteiger partial charge in [-0.1, -0.05) is 33.6 Å². The van der Waals surface area contributed by atoms with E-state index in [-0.39, 0.29) is 0 Å². The smallest absolute Gasteiger partial charge is 0.345 e. The van der Waals surface area contributed by atoms with Crippen LogP contribution >= 0.6 is 38.9 Å². The molecule has 8 heteroatoms. The third-order valence-corrected chi connectivity index (χ3v) is 6.24. The van der Waals surface area contributed by atoms with E-state index in [9.17, 15) is 10.1 Å². The van der Waals surface area contributed by atoms with Crippen molar-refractivity contribution >= 4 is 61.1 Å². The molecule has 2 aromatic heterocycles. The number of hydrogen-bond acceptors (Lipinski definition) is 6. The molecular formula is C22H13BrClN3O2S. The van der Waals surface area contributed by atoms with E-state index in [0.29, 0.717) is 32.4 Å². The second-order valence-electron chi connectivity index (χ2n) is 6.39. The summed E-state index contributed by atoms with van der Waals surface area (Å²) in [5, 5.41) is 16.3. The van der Waals surface area contributed by atoms with E-state index in [1.807, 2.05) is 31.2 Å². The number of allylic oxidation sites excluding steroid dienone is 1. The molecule has 1 N–H and O–H groups in total. The Morgan fingerprint density at radius 2 is 2.17 bits per heavy atom. The molecule has 0 saturated carbocycles. The van der Waals surface area contributed by atoms with Crippen LogP contribution < -0.4 is 10.9 Å². The highest BCUT2D eigenvalue weighted by Crippen LogP contribution is 2.28. The summed E-state index contributed by atoms with van der Waals surface area (Å²) in [6.45, 7) is 1.89. The second kappa shape index (κ2) is 8.44. The van der Waals surface area contributed by atoms with Crippen molar-refractivity contribution in [2.45, 2.75) is 6.92 Å². The fourth-order valence-electron chi connectivity index (χ4n) is 2.85. The van der Waals surface area contributed by atoms with Crippen molar-refractivity contribution in [3.8, 4) is 17.3 Å². The molecule has 4 rings (SSSR count). The van der Waals surface area contributed by atoms with Crippen molar-refractivity contribution in [1.82, 2.24) is 4.98 Å². The van der Waals surface area contributed by atoms with Gasteiger partial charge in [0.15, 0.2) is 0 Å². The molecule has 2 aromatic carbocycles. The Bertz CT molecular complexity index is 1400. The number of halogens is 2. The lowest BCUT2D eigenvalue weighted by atomic mass is 10.1. The van der Waals surface area contributed by atoms with Crippen LogP contribution in [0.25, 0.3) is 27.8 Å². The van der Waals surface area contributed by atoms with Gasteiger partial charge >= 0.3 is 5.63 Å². The molecule has 30 heavy (non-hydrogen) atoms. The minimum atomic E-state index is -0.475. The van der Waals surface area contributed by atoms with Crippen molar-refractivity contribution in [2.75, 3.05) is 5.32 Å². The highest BCUT2D eigenvalue weighted by Gasteiger charge is 2.14. The predicted octanol–water partition coefficient (Wildman–Crippen LogP) is 6.62. The Morgan fingerprint density at radius 3 is 2.97 bits per heavy atom. The number of hydrogen-bond donors (Lipinski definition) is 1. The summed E-state index contributed by atoms with van der Waals surface area (Å²) in [7, 11) is 0. The Morgan fingerprint density at radius 1 is 1.33 bits per heavy atom. The molecule has 0 atom stereocenters. The van der Waals surface area contributed by atoms with Gasteiger partial charge in [-0.15, -0.1) is 11.3 Å². The number of thiazole rings is 1. The summed E-state index contributed by atoms with van der Waals surface area (Å²) in [5.41, 5.74) is 2.86. The van der Waals surface area contributed by atoms with E-state index in [1.54, 1.807) is 29.8 Å². The van der Waals surface area contributed by atoms with E-state index < -0.39 is 5.63 Å².